The largest absolute Gasteiger partial charge is 0.493 e. The molecule has 5 heteroatoms. The van der Waals surface area contributed by atoms with Crippen LogP contribution >= 0.6 is 0 Å². The normalized spacial score (nSPS) is 9.70. The Balaban J connectivity index is 0.000000956. The van der Waals surface area contributed by atoms with Crippen molar-refractivity contribution < 1.29 is 19.0 Å². The maximum Gasteiger partial charge on any atom is 0.205 e. The predicted octanol–water partition coefficient (Wildman–Crippen LogP) is 3.42. The predicted molar refractivity (Wildman–Crippen MR) is 79.3 cm³/mol. The lowest BCUT2D eigenvalue weighted by atomic mass is 10.2. The van der Waals surface area contributed by atoms with Crippen molar-refractivity contribution in [2.75, 3.05) is 21.3 Å². The molecule has 0 aliphatic rings. The Labute approximate surface area is 118 Å². The summed E-state index contributed by atoms with van der Waals surface area (Å²) >= 11 is 0. The molecule has 0 unspecified atom stereocenters. The van der Waals surface area contributed by atoms with Crippen molar-refractivity contribution >= 4 is 16.7 Å². The number of carbonyl (C=O) groups is 1. The second kappa shape index (κ2) is 6.84. The van der Waals surface area contributed by atoms with Crippen LogP contribution in [0.5, 0.6) is 17.2 Å². The van der Waals surface area contributed by atoms with E-state index in [1.165, 1.54) is 6.92 Å². The maximum absolute atomic E-state index is 11.4. The van der Waals surface area contributed by atoms with Crippen molar-refractivity contribution in [2.24, 2.45) is 0 Å². The molecule has 2 rings (SSSR count). The Morgan fingerprint density at radius 1 is 1.00 bits per heavy atom. The minimum atomic E-state index is -0.0359. The smallest absolute Gasteiger partial charge is 0.205 e. The molecule has 20 heavy (non-hydrogen) atoms. The van der Waals surface area contributed by atoms with Crippen LogP contribution in [0.2, 0.25) is 0 Å². The van der Waals surface area contributed by atoms with Crippen LogP contribution in [0.15, 0.2) is 12.1 Å². The van der Waals surface area contributed by atoms with Crippen molar-refractivity contribution in [3.05, 3.63) is 17.8 Å². The molecule has 110 valence electrons. The fourth-order valence-corrected chi connectivity index (χ4v) is 1.93. The van der Waals surface area contributed by atoms with Gasteiger partial charge in [0.2, 0.25) is 5.75 Å². The highest BCUT2D eigenvalue weighted by Crippen LogP contribution is 2.43. The summed E-state index contributed by atoms with van der Waals surface area (Å²) in [5, 5.41) is 0.842. The summed E-state index contributed by atoms with van der Waals surface area (Å²) in [5.41, 5.74) is 1.25. The van der Waals surface area contributed by atoms with Gasteiger partial charge in [-0.15, -0.1) is 0 Å². The number of benzene rings is 1. The highest BCUT2D eigenvalue weighted by Gasteiger charge is 2.18. The number of ether oxygens (including phenoxy) is 3. The van der Waals surface area contributed by atoms with E-state index >= 15 is 0 Å². The topological polar surface area (TPSA) is 60.6 Å². The third-order valence-corrected chi connectivity index (χ3v) is 2.80. The highest BCUT2D eigenvalue weighted by molar-refractivity contribution is 6.00. The van der Waals surface area contributed by atoms with Crippen LogP contribution in [-0.4, -0.2) is 32.1 Å². The van der Waals surface area contributed by atoms with Crippen LogP contribution < -0.4 is 14.2 Å². The molecule has 0 bridgehead atoms. The van der Waals surface area contributed by atoms with Gasteiger partial charge in [0.1, 0.15) is 0 Å². The molecule has 1 N–H and O–H groups in total. The first-order valence-electron chi connectivity index (χ1n) is 6.45. The second-order valence-corrected chi connectivity index (χ2v) is 3.85. The molecular weight excluding hydrogens is 258 g/mol. The van der Waals surface area contributed by atoms with Gasteiger partial charge < -0.3 is 19.2 Å². The maximum atomic E-state index is 11.4. The van der Waals surface area contributed by atoms with E-state index in [9.17, 15) is 4.79 Å². The summed E-state index contributed by atoms with van der Waals surface area (Å²) in [7, 11) is 4.65. The van der Waals surface area contributed by atoms with Gasteiger partial charge in [-0.05, 0) is 12.1 Å². The summed E-state index contributed by atoms with van der Waals surface area (Å²) in [6, 6.07) is 3.57. The third-order valence-electron chi connectivity index (χ3n) is 2.80. The monoisotopic (exact) mass is 279 g/mol. The molecule has 0 fully saturated rings. The van der Waals surface area contributed by atoms with Gasteiger partial charge in [-0.2, -0.15) is 0 Å². The average molecular weight is 279 g/mol. The SMILES string of the molecule is CC.COc1cc2cc(C(C)=O)[nH]c2c(OC)c1OC. The Morgan fingerprint density at radius 3 is 2.05 bits per heavy atom. The van der Waals surface area contributed by atoms with Gasteiger partial charge in [-0.3, -0.25) is 4.79 Å². The number of aromatic nitrogens is 1. The zero-order chi connectivity index (χ0) is 15.3. The Morgan fingerprint density at radius 2 is 1.60 bits per heavy atom. The Hall–Kier alpha value is -2.17. The molecule has 0 amide bonds. The number of nitrogens with one attached hydrogen (secondary N) is 1. The number of methoxy groups -OCH3 is 3. The Kier molecular flexibility index (Phi) is 5.43. The van der Waals surface area contributed by atoms with E-state index < -0.39 is 0 Å². The quantitative estimate of drug-likeness (QED) is 0.871. The molecule has 0 aliphatic carbocycles. The zero-order valence-corrected chi connectivity index (χ0v) is 12.8. The standard InChI is InChI=1S/C13H15NO4.C2H6/c1-7(15)9-5-8-6-10(16-2)12(17-3)13(18-4)11(8)14-9;1-2/h5-6,14H,1-4H3;1-2H3. The van der Waals surface area contributed by atoms with E-state index in [-0.39, 0.29) is 5.78 Å². The van der Waals surface area contributed by atoms with Gasteiger partial charge in [0.05, 0.1) is 32.5 Å². The molecule has 0 atom stereocenters. The van der Waals surface area contributed by atoms with Crippen LogP contribution in [0.3, 0.4) is 0 Å². The van der Waals surface area contributed by atoms with Gasteiger partial charge in [0, 0.05) is 12.3 Å². The first kappa shape index (κ1) is 15.9. The first-order valence-corrected chi connectivity index (χ1v) is 6.45. The Bertz CT molecular complexity index is 601. The number of aromatic amines is 1. The molecule has 5 nitrogen and oxygen atoms in total. The zero-order valence-electron chi connectivity index (χ0n) is 12.8. The van der Waals surface area contributed by atoms with Crippen molar-refractivity contribution in [3.8, 4) is 17.2 Å². The summed E-state index contributed by atoms with van der Waals surface area (Å²) in [6.45, 7) is 5.51. The number of ketones is 1. The van der Waals surface area contributed by atoms with Crippen molar-refractivity contribution in [1.82, 2.24) is 4.98 Å². The molecule has 0 saturated heterocycles. The molecule has 2 aromatic rings. The fourth-order valence-electron chi connectivity index (χ4n) is 1.93. The van der Waals surface area contributed by atoms with Crippen LogP contribution in [0, 0.1) is 0 Å². The lowest BCUT2D eigenvalue weighted by Gasteiger charge is -2.12. The molecule has 0 saturated carbocycles. The van der Waals surface area contributed by atoms with Gasteiger partial charge in [0.15, 0.2) is 17.3 Å². The number of hydrogen-bond donors (Lipinski definition) is 1. The van der Waals surface area contributed by atoms with Crippen molar-refractivity contribution in [2.45, 2.75) is 20.8 Å². The minimum absolute atomic E-state index is 0.0359. The number of fused-ring (bicyclic) bond motifs is 1. The summed E-state index contributed by atoms with van der Waals surface area (Å²) < 4.78 is 15.9. The van der Waals surface area contributed by atoms with Crippen LogP contribution in [-0.2, 0) is 0 Å². The number of carbonyl (C=O) groups excluding carboxylic acids is 1. The van der Waals surface area contributed by atoms with Gasteiger partial charge in [0.25, 0.3) is 0 Å². The van der Waals surface area contributed by atoms with E-state index in [0.717, 1.165) is 10.9 Å². The lowest BCUT2D eigenvalue weighted by molar-refractivity contribution is 0.101. The second-order valence-electron chi connectivity index (χ2n) is 3.85. The lowest BCUT2D eigenvalue weighted by Crippen LogP contribution is -1.95. The molecular formula is C15H21NO4. The summed E-state index contributed by atoms with van der Waals surface area (Å²) in [6.07, 6.45) is 0. The molecule has 0 spiro atoms. The third kappa shape index (κ3) is 2.71. The highest BCUT2D eigenvalue weighted by atomic mass is 16.5. The summed E-state index contributed by atoms with van der Waals surface area (Å²) in [4.78, 5) is 14.4. The molecule has 0 aliphatic heterocycles. The first-order chi connectivity index (χ1) is 9.62. The van der Waals surface area contributed by atoms with Gasteiger partial charge in [-0.25, -0.2) is 0 Å². The van der Waals surface area contributed by atoms with Crippen molar-refractivity contribution in [1.29, 1.82) is 0 Å². The van der Waals surface area contributed by atoms with Crippen LogP contribution in [0.1, 0.15) is 31.3 Å². The van der Waals surface area contributed by atoms with Gasteiger partial charge in [-0.1, -0.05) is 13.8 Å². The summed E-state index contributed by atoms with van der Waals surface area (Å²) in [5.74, 6) is 1.56. The average Bonchev–Trinajstić information content (AvgIpc) is 2.90. The van der Waals surface area contributed by atoms with E-state index in [0.29, 0.717) is 22.9 Å². The molecule has 0 radical (unpaired) electrons. The van der Waals surface area contributed by atoms with Crippen LogP contribution in [0.4, 0.5) is 0 Å². The number of rotatable bonds is 4. The van der Waals surface area contributed by atoms with Crippen molar-refractivity contribution in [3.63, 3.8) is 0 Å². The molecule has 1 aromatic heterocycles. The molecule has 1 heterocycles. The minimum Gasteiger partial charge on any atom is -0.493 e. The number of Topliss-reactive ketones (excluding diaryl/α,β-unsaturated/α-hetero) is 1. The van der Waals surface area contributed by atoms with Gasteiger partial charge >= 0.3 is 0 Å². The van der Waals surface area contributed by atoms with E-state index in [1.807, 2.05) is 13.8 Å². The number of hydrogen-bond acceptors (Lipinski definition) is 4. The number of H-pyrrole nitrogens is 1. The van der Waals surface area contributed by atoms with E-state index in [2.05, 4.69) is 4.98 Å². The van der Waals surface area contributed by atoms with E-state index in [4.69, 9.17) is 14.2 Å². The van der Waals surface area contributed by atoms with Crippen LogP contribution in [0.25, 0.3) is 10.9 Å². The molecule has 1 aromatic carbocycles. The fraction of sp³-hybridized carbons (Fsp3) is 0.400. The van der Waals surface area contributed by atoms with E-state index in [1.54, 1.807) is 33.5 Å².